The molecule has 0 radical (unpaired) electrons. The van der Waals surface area contributed by atoms with E-state index in [-0.39, 0.29) is 11.8 Å². The molecule has 0 unspecified atom stereocenters. The van der Waals surface area contributed by atoms with E-state index in [1.165, 1.54) is 17.0 Å². The van der Waals surface area contributed by atoms with Crippen molar-refractivity contribution in [2.45, 2.75) is 12.7 Å². The Hall–Kier alpha value is -1.81. The van der Waals surface area contributed by atoms with Crippen molar-refractivity contribution in [3.05, 3.63) is 46.7 Å². The molecule has 27 heavy (non-hydrogen) atoms. The topological polar surface area (TPSA) is 45.8 Å². The van der Waals surface area contributed by atoms with Crippen LogP contribution in [0.2, 0.25) is 0 Å². The first kappa shape index (κ1) is 19.9. The van der Waals surface area contributed by atoms with Gasteiger partial charge in [-0.25, -0.2) is 0 Å². The van der Waals surface area contributed by atoms with Gasteiger partial charge in [0, 0.05) is 30.2 Å². The zero-order valence-corrected chi connectivity index (χ0v) is 16.2. The van der Waals surface area contributed by atoms with Gasteiger partial charge in [-0.2, -0.15) is 8.78 Å². The third-order valence-electron chi connectivity index (χ3n) is 4.15. The van der Waals surface area contributed by atoms with Crippen LogP contribution in [-0.2, 0) is 4.74 Å². The van der Waals surface area contributed by atoms with Gasteiger partial charge >= 0.3 is 6.61 Å². The minimum absolute atomic E-state index is 0.111. The summed E-state index contributed by atoms with van der Waals surface area (Å²) in [4.78, 5) is 3.67. The number of anilines is 1. The highest BCUT2D eigenvalue weighted by molar-refractivity contribution is 7.80. The van der Waals surface area contributed by atoms with Gasteiger partial charge in [0.05, 0.1) is 19.3 Å². The van der Waals surface area contributed by atoms with E-state index in [1.807, 2.05) is 6.07 Å². The molecular weight excluding hydrogens is 392 g/mol. The Kier molecular flexibility index (Phi) is 7.33. The maximum absolute atomic E-state index is 12.2. The van der Waals surface area contributed by atoms with Crippen LogP contribution in [0.1, 0.15) is 10.9 Å². The quantitative estimate of drug-likeness (QED) is 0.675. The van der Waals surface area contributed by atoms with Crippen molar-refractivity contribution < 1.29 is 18.3 Å². The van der Waals surface area contributed by atoms with Gasteiger partial charge in [-0.3, -0.25) is 4.90 Å². The number of nitrogens with zero attached hydrogens (tertiary/aromatic N) is 1. The third-order valence-corrected chi connectivity index (χ3v) is 5.37. The van der Waals surface area contributed by atoms with Crippen molar-refractivity contribution in [3.63, 3.8) is 0 Å². The van der Waals surface area contributed by atoms with Crippen molar-refractivity contribution in [1.29, 1.82) is 0 Å². The molecule has 1 saturated heterocycles. The Morgan fingerprint density at radius 3 is 2.59 bits per heavy atom. The molecule has 1 fully saturated rings. The van der Waals surface area contributed by atoms with Gasteiger partial charge in [-0.1, -0.05) is 6.07 Å². The Morgan fingerprint density at radius 2 is 1.96 bits per heavy atom. The molecule has 1 aliphatic heterocycles. The molecule has 1 aromatic heterocycles. The van der Waals surface area contributed by atoms with Crippen LogP contribution >= 0.6 is 23.6 Å². The number of thiocarbonyl (C=S) groups is 1. The van der Waals surface area contributed by atoms with E-state index >= 15 is 0 Å². The number of benzene rings is 1. The SMILES string of the molecule is FC(F)Oc1ccc(NC(=S)NC[C@H](c2cccs2)N2CCOCC2)cc1. The average Bonchev–Trinajstić information content (AvgIpc) is 3.18. The van der Waals surface area contributed by atoms with E-state index in [1.54, 1.807) is 23.5 Å². The smallest absolute Gasteiger partial charge is 0.387 e. The fourth-order valence-corrected chi connectivity index (χ4v) is 3.93. The minimum atomic E-state index is -2.83. The van der Waals surface area contributed by atoms with Crippen molar-refractivity contribution in [2.75, 3.05) is 38.2 Å². The molecule has 1 aliphatic rings. The van der Waals surface area contributed by atoms with Crippen LogP contribution in [0.15, 0.2) is 41.8 Å². The van der Waals surface area contributed by atoms with Crippen molar-refractivity contribution >= 4 is 34.4 Å². The van der Waals surface area contributed by atoms with Gasteiger partial charge in [0.2, 0.25) is 0 Å². The first-order valence-corrected chi connectivity index (χ1v) is 9.85. The lowest BCUT2D eigenvalue weighted by molar-refractivity contribution is -0.0498. The van der Waals surface area contributed by atoms with Crippen LogP contribution in [0.5, 0.6) is 5.75 Å². The highest BCUT2D eigenvalue weighted by Crippen LogP contribution is 2.25. The summed E-state index contributed by atoms with van der Waals surface area (Å²) in [5, 5.41) is 8.87. The molecule has 2 heterocycles. The van der Waals surface area contributed by atoms with Gasteiger partial charge in [0.25, 0.3) is 0 Å². The number of hydrogen-bond donors (Lipinski definition) is 2. The zero-order chi connectivity index (χ0) is 19.1. The molecule has 3 rings (SSSR count). The lowest BCUT2D eigenvalue weighted by Crippen LogP contribution is -2.44. The van der Waals surface area contributed by atoms with E-state index in [4.69, 9.17) is 17.0 Å². The number of alkyl halides is 2. The maximum atomic E-state index is 12.2. The number of halogens is 2. The van der Waals surface area contributed by atoms with Crippen LogP contribution in [0.4, 0.5) is 14.5 Å². The van der Waals surface area contributed by atoms with E-state index < -0.39 is 6.61 Å². The first-order chi connectivity index (χ1) is 13.1. The van der Waals surface area contributed by atoms with Crippen LogP contribution in [0.25, 0.3) is 0 Å². The summed E-state index contributed by atoms with van der Waals surface area (Å²) in [6, 6.07) is 10.6. The molecule has 0 spiro atoms. The van der Waals surface area contributed by atoms with Gasteiger partial charge in [-0.15, -0.1) is 11.3 Å². The first-order valence-electron chi connectivity index (χ1n) is 8.57. The molecule has 0 saturated carbocycles. The molecule has 1 atom stereocenters. The predicted molar refractivity (Wildman–Crippen MR) is 107 cm³/mol. The standard InChI is InChI=1S/C18H21F2N3O2S2/c19-17(20)25-14-5-3-13(4-6-14)22-18(26)21-12-15(16-2-1-11-27-16)23-7-9-24-10-8-23/h1-6,11,15,17H,7-10,12H2,(H2,21,22,26)/t15-/m1/s1. The zero-order valence-electron chi connectivity index (χ0n) is 14.6. The second kappa shape index (κ2) is 9.93. The van der Waals surface area contributed by atoms with E-state index in [0.29, 0.717) is 17.3 Å². The lowest BCUT2D eigenvalue weighted by atomic mass is 10.2. The van der Waals surface area contributed by atoms with Crippen LogP contribution < -0.4 is 15.4 Å². The molecule has 0 bridgehead atoms. The van der Waals surface area contributed by atoms with Crippen LogP contribution in [0, 0.1) is 0 Å². The molecule has 0 aliphatic carbocycles. The molecule has 2 aromatic rings. The van der Waals surface area contributed by atoms with Gasteiger partial charge in [0.15, 0.2) is 5.11 Å². The average molecular weight is 414 g/mol. The highest BCUT2D eigenvalue weighted by atomic mass is 32.1. The van der Waals surface area contributed by atoms with Gasteiger partial charge < -0.3 is 20.1 Å². The Balaban J connectivity index is 1.54. The molecule has 0 amide bonds. The largest absolute Gasteiger partial charge is 0.435 e. The minimum Gasteiger partial charge on any atom is -0.435 e. The second-order valence-corrected chi connectivity index (χ2v) is 7.30. The molecule has 9 heteroatoms. The molecule has 146 valence electrons. The predicted octanol–water partition coefficient (Wildman–Crippen LogP) is 3.71. The summed E-state index contributed by atoms with van der Waals surface area (Å²) in [5.74, 6) is 0.111. The number of morpholine rings is 1. The number of ether oxygens (including phenoxy) is 2. The van der Waals surface area contributed by atoms with E-state index in [2.05, 4.69) is 31.7 Å². The molecule has 5 nitrogen and oxygen atoms in total. The summed E-state index contributed by atoms with van der Waals surface area (Å²) in [7, 11) is 0. The summed E-state index contributed by atoms with van der Waals surface area (Å²) >= 11 is 7.10. The fourth-order valence-electron chi connectivity index (χ4n) is 2.86. The van der Waals surface area contributed by atoms with E-state index in [9.17, 15) is 8.78 Å². The highest BCUT2D eigenvalue weighted by Gasteiger charge is 2.23. The summed E-state index contributed by atoms with van der Waals surface area (Å²) < 4.78 is 34.2. The normalized spacial score (nSPS) is 16.1. The second-order valence-electron chi connectivity index (χ2n) is 5.92. The van der Waals surface area contributed by atoms with E-state index in [0.717, 1.165) is 26.3 Å². The number of thiophene rings is 1. The monoisotopic (exact) mass is 413 g/mol. The van der Waals surface area contributed by atoms with Gasteiger partial charge in [-0.05, 0) is 47.9 Å². The number of rotatable bonds is 7. The lowest BCUT2D eigenvalue weighted by Gasteiger charge is -2.34. The summed E-state index contributed by atoms with van der Waals surface area (Å²) in [6.07, 6.45) is 0. The molecule has 2 N–H and O–H groups in total. The summed E-state index contributed by atoms with van der Waals surface area (Å²) in [6.45, 7) is 1.07. The Labute approximate surface area is 166 Å². The third kappa shape index (κ3) is 6.10. The van der Waals surface area contributed by atoms with Crippen molar-refractivity contribution in [1.82, 2.24) is 10.2 Å². The van der Waals surface area contributed by atoms with Crippen LogP contribution in [0.3, 0.4) is 0 Å². The number of nitrogens with one attached hydrogen (secondary N) is 2. The number of hydrogen-bond acceptors (Lipinski definition) is 5. The molecular formula is C18H21F2N3O2S2. The Morgan fingerprint density at radius 1 is 1.22 bits per heavy atom. The summed E-state index contributed by atoms with van der Waals surface area (Å²) in [5.41, 5.74) is 0.702. The van der Waals surface area contributed by atoms with Gasteiger partial charge in [0.1, 0.15) is 5.75 Å². The van der Waals surface area contributed by atoms with Crippen LogP contribution in [-0.4, -0.2) is 49.5 Å². The maximum Gasteiger partial charge on any atom is 0.387 e. The van der Waals surface area contributed by atoms with Crippen molar-refractivity contribution in [2.24, 2.45) is 0 Å². The molecule has 1 aromatic carbocycles. The fraction of sp³-hybridized carbons (Fsp3) is 0.389. The Bertz CT molecular complexity index is 708. The van der Waals surface area contributed by atoms with Crippen molar-refractivity contribution in [3.8, 4) is 5.75 Å².